The number of rotatable bonds is 1. The topological polar surface area (TPSA) is 29.0 Å². The molecule has 0 spiro atoms. The Morgan fingerprint density at radius 3 is 2.46 bits per heavy atom. The zero-order valence-electron chi connectivity index (χ0n) is 7.36. The van der Waals surface area contributed by atoms with Crippen LogP contribution in [-0.2, 0) is 0 Å². The molecule has 1 saturated heterocycles. The third-order valence-corrected chi connectivity index (χ3v) is 3.51. The fourth-order valence-corrected chi connectivity index (χ4v) is 2.06. The molecular weight excluding hydrogens is 277 g/mol. The summed E-state index contributed by atoms with van der Waals surface area (Å²) in [4.78, 5) is 10.7. The Balaban J connectivity index is 2.03. The highest BCUT2D eigenvalue weighted by Crippen LogP contribution is 2.20. The fourth-order valence-electron chi connectivity index (χ4n) is 1.50. The van der Waals surface area contributed by atoms with Crippen molar-refractivity contribution in [1.82, 2.24) is 9.97 Å². The summed E-state index contributed by atoms with van der Waals surface area (Å²) in [7, 11) is 0. The third kappa shape index (κ3) is 2.30. The lowest BCUT2D eigenvalue weighted by molar-refractivity contribution is 0.594. The van der Waals surface area contributed by atoms with E-state index in [9.17, 15) is 0 Å². The minimum Gasteiger partial charge on any atom is -0.341 e. The maximum atomic E-state index is 4.24. The van der Waals surface area contributed by atoms with Gasteiger partial charge in [0, 0.05) is 29.4 Å². The largest absolute Gasteiger partial charge is 0.341 e. The van der Waals surface area contributed by atoms with E-state index in [-0.39, 0.29) is 0 Å². The summed E-state index contributed by atoms with van der Waals surface area (Å²) in [5.41, 5.74) is 0. The number of hydrogen-bond donors (Lipinski definition) is 0. The maximum Gasteiger partial charge on any atom is 0.225 e. The average Bonchev–Trinajstić information content (AvgIpc) is 2.20. The van der Waals surface area contributed by atoms with Crippen LogP contribution in [0.1, 0.15) is 12.8 Å². The number of nitrogens with zero attached hydrogens (tertiary/aromatic N) is 3. The molecule has 0 amide bonds. The van der Waals surface area contributed by atoms with Crippen LogP contribution in [0.4, 0.5) is 5.95 Å². The van der Waals surface area contributed by atoms with Gasteiger partial charge in [0.25, 0.3) is 0 Å². The molecule has 1 aliphatic heterocycles. The Morgan fingerprint density at radius 1 is 1.23 bits per heavy atom. The van der Waals surface area contributed by atoms with E-state index in [1.165, 1.54) is 12.8 Å². The summed E-state index contributed by atoms with van der Waals surface area (Å²) >= 11 is 2.52. The summed E-state index contributed by atoms with van der Waals surface area (Å²) in [5.74, 6) is 0.880. The van der Waals surface area contributed by atoms with Crippen LogP contribution in [0.3, 0.4) is 0 Å². The van der Waals surface area contributed by atoms with Gasteiger partial charge in [-0.2, -0.15) is 0 Å². The summed E-state index contributed by atoms with van der Waals surface area (Å²) in [6.45, 7) is 2.19. The molecule has 0 saturated carbocycles. The van der Waals surface area contributed by atoms with Crippen LogP contribution < -0.4 is 4.90 Å². The maximum absolute atomic E-state index is 4.24. The Morgan fingerprint density at radius 2 is 1.85 bits per heavy atom. The van der Waals surface area contributed by atoms with Crippen molar-refractivity contribution in [1.29, 1.82) is 0 Å². The number of piperidine rings is 1. The quantitative estimate of drug-likeness (QED) is 0.584. The molecule has 4 heteroatoms. The molecule has 0 atom stereocenters. The molecule has 1 fully saturated rings. The summed E-state index contributed by atoms with van der Waals surface area (Å²) < 4.78 is 0.831. The van der Waals surface area contributed by atoms with E-state index in [1.54, 1.807) is 12.4 Å². The molecule has 0 N–H and O–H groups in total. The molecule has 70 valence electrons. The number of halogens is 1. The Kier molecular flexibility index (Phi) is 2.97. The first-order valence-corrected chi connectivity index (χ1v) is 5.77. The van der Waals surface area contributed by atoms with Crippen molar-refractivity contribution in [2.24, 2.45) is 0 Å². The van der Waals surface area contributed by atoms with Gasteiger partial charge >= 0.3 is 0 Å². The van der Waals surface area contributed by atoms with E-state index in [1.807, 2.05) is 6.07 Å². The number of alkyl halides is 1. The second kappa shape index (κ2) is 4.21. The van der Waals surface area contributed by atoms with Crippen molar-refractivity contribution in [2.75, 3.05) is 18.0 Å². The zero-order valence-corrected chi connectivity index (χ0v) is 9.51. The summed E-state index contributed by atoms with van der Waals surface area (Å²) in [6.07, 6.45) is 6.11. The second-order valence-corrected chi connectivity index (χ2v) is 4.97. The van der Waals surface area contributed by atoms with Gasteiger partial charge in [-0.3, -0.25) is 0 Å². The third-order valence-electron chi connectivity index (χ3n) is 2.26. The van der Waals surface area contributed by atoms with Crippen molar-refractivity contribution >= 4 is 28.5 Å². The van der Waals surface area contributed by atoms with Gasteiger partial charge in [-0.25, -0.2) is 9.97 Å². The highest BCUT2D eigenvalue weighted by molar-refractivity contribution is 14.1. The van der Waals surface area contributed by atoms with Crippen molar-refractivity contribution in [3.05, 3.63) is 18.5 Å². The Labute approximate surface area is 91.7 Å². The van der Waals surface area contributed by atoms with Gasteiger partial charge in [-0.15, -0.1) is 0 Å². The number of hydrogen-bond acceptors (Lipinski definition) is 3. The highest BCUT2D eigenvalue weighted by atomic mass is 127. The van der Waals surface area contributed by atoms with E-state index < -0.39 is 0 Å². The first kappa shape index (κ1) is 9.18. The smallest absolute Gasteiger partial charge is 0.225 e. The molecule has 0 aromatic carbocycles. The minimum absolute atomic E-state index is 0.831. The van der Waals surface area contributed by atoms with Gasteiger partial charge in [-0.05, 0) is 18.9 Å². The first-order chi connectivity index (χ1) is 6.36. The lowest BCUT2D eigenvalue weighted by Gasteiger charge is -2.29. The summed E-state index contributed by atoms with van der Waals surface area (Å²) in [6, 6.07) is 1.86. The van der Waals surface area contributed by atoms with Crippen molar-refractivity contribution in [2.45, 2.75) is 16.8 Å². The van der Waals surface area contributed by atoms with Crippen LogP contribution in [0, 0.1) is 0 Å². The minimum atomic E-state index is 0.831. The molecule has 0 unspecified atom stereocenters. The van der Waals surface area contributed by atoms with Gasteiger partial charge < -0.3 is 4.90 Å². The second-order valence-electron chi connectivity index (χ2n) is 3.21. The van der Waals surface area contributed by atoms with Crippen molar-refractivity contribution in [3.63, 3.8) is 0 Å². The molecule has 1 aliphatic rings. The van der Waals surface area contributed by atoms with Gasteiger partial charge in [-0.1, -0.05) is 22.6 Å². The van der Waals surface area contributed by atoms with Crippen LogP contribution in [0.2, 0.25) is 0 Å². The van der Waals surface area contributed by atoms with E-state index in [0.717, 1.165) is 23.0 Å². The molecule has 0 aliphatic carbocycles. The van der Waals surface area contributed by atoms with Gasteiger partial charge in [0.2, 0.25) is 5.95 Å². The van der Waals surface area contributed by atoms with Crippen molar-refractivity contribution < 1.29 is 0 Å². The molecule has 13 heavy (non-hydrogen) atoms. The van der Waals surface area contributed by atoms with Crippen LogP contribution in [-0.4, -0.2) is 27.0 Å². The van der Waals surface area contributed by atoms with E-state index >= 15 is 0 Å². The monoisotopic (exact) mass is 289 g/mol. The molecule has 2 rings (SSSR count). The molecule has 2 heterocycles. The SMILES string of the molecule is IC1CCN(c2ncccn2)CC1. The zero-order chi connectivity index (χ0) is 9.10. The van der Waals surface area contributed by atoms with Crippen LogP contribution in [0.25, 0.3) is 0 Å². The standard InChI is InChI=1S/C9H12IN3/c10-8-2-6-13(7-3-8)9-11-4-1-5-12-9/h1,4-5,8H,2-3,6-7H2. The van der Waals surface area contributed by atoms with Crippen LogP contribution >= 0.6 is 22.6 Å². The molecule has 1 aromatic heterocycles. The van der Waals surface area contributed by atoms with E-state index in [4.69, 9.17) is 0 Å². The fraction of sp³-hybridized carbons (Fsp3) is 0.556. The number of anilines is 1. The molecule has 0 radical (unpaired) electrons. The van der Waals surface area contributed by atoms with E-state index in [2.05, 4.69) is 37.5 Å². The first-order valence-electron chi connectivity index (χ1n) is 4.52. The lowest BCUT2D eigenvalue weighted by atomic mass is 10.1. The predicted molar refractivity (Wildman–Crippen MR) is 61.3 cm³/mol. The highest BCUT2D eigenvalue weighted by Gasteiger charge is 2.17. The summed E-state index contributed by atoms with van der Waals surface area (Å²) in [5, 5.41) is 0. The normalized spacial score (nSPS) is 19.0. The van der Waals surface area contributed by atoms with Gasteiger partial charge in [0.15, 0.2) is 0 Å². The predicted octanol–water partition coefficient (Wildman–Crippen LogP) is 1.88. The molecule has 0 bridgehead atoms. The van der Waals surface area contributed by atoms with Crippen LogP contribution in [0.15, 0.2) is 18.5 Å². The lowest BCUT2D eigenvalue weighted by Crippen LogP contribution is -2.34. The van der Waals surface area contributed by atoms with E-state index in [0.29, 0.717) is 0 Å². The Hall–Kier alpha value is -0.390. The number of aromatic nitrogens is 2. The van der Waals surface area contributed by atoms with Gasteiger partial charge in [0.1, 0.15) is 0 Å². The molecule has 3 nitrogen and oxygen atoms in total. The van der Waals surface area contributed by atoms with Gasteiger partial charge in [0.05, 0.1) is 0 Å². The molecular formula is C9H12IN3. The van der Waals surface area contributed by atoms with Crippen LogP contribution in [0.5, 0.6) is 0 Å². The Bertz CT molecular complexity index is 257. The molecule has 1 aromatic rings. The van der Waals surface area contributed by atoms with Crippen molar-refractivity contribution in [3.8, 4) is 0 Å². The average molecular weight is 289 g/mol.